The van der Waals surface area contributed by atoms with Crippen molar-refractivity contribution in [3.8, 4) is 17.0 Å². The van der Waals surface area contributed by atoms with Gasteiger partial charge in [0, 0.05) is 38.8 Å². The molecule has 1 N–H and O–H groups in total. The summed E-state index contributed by atoms with van der Waals surface area (Å²) in [5.41, 5.74) is 2.89. The normalized spacial score (nSPS) is 27.0. The molecule has 2 aliphatic rings. The van der Waals surface area contributed by atoms with Gasteiger partial charge in [0.15, 0.2) is 5.82 Å². The molecule has 0 radical (unpaired) electrons. The number of rotatable bonds is 5. The zero-order valence-electron chi connectivity index (χ0n) is 19.8. The van der Waals surface area contributed by atoms with Crippen LogP contribution in [0.3, 0.4) is 0 Å². The number of aromatic nitrogens is 2. The average molecular weight is 435 g/mol. The number of hydrogen-bond acceptors (Lipinski definition) is 5. The van der Waals surface area contributed by atoms with Crippen LogP contribution in [0.15, 0.2) is 36.4 Å². The minimum absolute atomic E-state index is 0.104. The Labute approximate surface area is 191 Å². The number of amides is 1. The number of benzene rings is 1. The van der Waals surface area contributed by atoms with Crippen molar-refractivity contribution >= 4 is 17.8 Å². The van der Waals surface area contributed by atoms with E-state index in [4.69, 9.17) is 0 Å². The van der Waals surface area contributed by atoms with Crippen molar-refractivity contribution in [3.63, 3.8) is 0 Å². The lowest BCUT2D eigenvalue weighted by Crippen LogP contribution is -2.42. The molecule has 2 bridgehead atoms. The maximum absolute atomic E-state index is 11.7. The lowest BCUT2D eigenvalue weighted by molar-refractivity contribution is -0.123. The monoisotopic (exact) mass is 434 g/mol. The van der Waals surface area contributed by atoms with Crippen molar-refractivity contribution in [3.05, 3.63) is 42.0 Å². The fourth-order valence-electron chi connectivity index (χ4n) is 5.67. The fourth-order valence-corrected chi connectivity index (χ4v) is 5.67. The maximum atomic E-state index is 11.7. The molecule has 0 spiro atoms. The number of hydrogen-bond donors (Lipinski definition) is 1. The van der Waals surface area contributed by atoms with E-state index in [1.54, 1.807) is 26.2 Å². The Kier molecular flexibility index (Phi) is 5.74. The van der Waals surface area contributed by atoms with Crippen LogP contribution in [0.2, 0.25) is 0 Å². The lowest BCUT2D eigenvalue weighted by atomic mass is 9.68. The Morgan fingerprint density at radius 2 is 1.75 bits per heavy atom. The van der Waals surface area contributed by atoms with Crippen LogP contribution in [0.1, 0.15) is 51.5 Å². The van der Waals surface area contributed by atoms with Crippen molar-refractivity contribution in [1.82, 2.24) is 15.1 Å². The third-order valence-electron chi connectivity index (χ3n) is 7.36. The molecule has 1 aromatic carbocycles. The summed E-state index contributed by atoms with van der Waals surface area (Å²) in [5, 5.41) is 19.4. The molecule has 1 amide bonds. The number of carbonyl (C=O) groups excluding carboxylic acids is 1. The number of nitrogens with zero attached hydrogens (tertiary/aromatic N) is 4. The van der Waals surface area contributed by atoms with Gasteiger partial charge in [-0.3, -0.25) is 4.79 Å². The van der Waals surface area contributed by atoms with Crippen LogP contribution < -0.4 is 4.90 Å². The summed E-state index contributed by atoms with van der Waals surface area (Å²) in [7, 11) is 5.53. The number of fused-ring (bicyclic) bond motifs is 2. The van der Waals surface area contributed by atoms with Gasteiger partial charge in [-0.15, -0.1) is 10.2 Å². The molecule has 32 heavy (non-hydrogen) atoms. The lowest BCUT2D eigenvalue weighted by Gasteiger charge is -2.44. The van der Waals surface area contributed by atoms with E-state index in [2.05, 4.69) is 36.0 Å². The van der Waals surface area contributed by atoms with Crippen molar-refractivity contribution in [2.75, 3.05) is 26.0 Å². The summed E-state index contributed by atoms with van der Waals surface area (Å²) < 4.78 is 0. The highest BCUT2D eigenvalue weighted by Crippen LogP contribution is 2.58. The largest absolute Gasteiger partial charge is 0.507 e. The van der Waals surface area contributed by atoms with Gasteiger partial charge in [0.2, 0.25) is 5.91 Å². The highest BCUT2D eigenvalue weighted by atomic mass is 16.3. The number of likely N-dealkylation sites (N-methyl/N-ethyl adjacent to an activating group) is 1. The SMILES string of the molecule is CN(C)C(=O)/C=C/c1ccc(-c2ccc(N(C)[C@H]3C[C@]4(C)CC[C@](C)(C3)C4)nn2)c(O)c1. The van der Waals surface area contributed by atoms with Gasteiger partial charge in [-0.05, 0) is 78.8 Å². The second-order valence-corrected chi connectivity index (χ2v) is 10.6. The Morgan fingerprint density at radius 3 is 2.31 bits per heavy atom. The van der Waals surface area contributed by atoms with E-state index in [1.807, 2.05) is 24.3 Å². The highest BCUT2D eigenvalue weighted by Gasteiger charge is 2.49. The molecule has 170 valence electrons. The molecule has 4 rings (SSSR count). The topological polar surface area (TPSA) is 69.6 Å². The highest BCUT2D eigenvalue weighted by molar-refractivity contribution is 5.91. The van der Waals surface area contributed by atoms with Gasteiger partial charge in [0.25, 0.3) is 0 Å². The minimum Gasteiger partial charge on any atom is -0.507 e. The van der Waals surface area contributed by atoms with Gasteiger partial charge in [-0.25, -0.2) is 0 Å². The average Bonchev–Trinajstić information content (AvgIpc) is 2.98. The summed E-state index contributed by atoms with van der Waals surface area (Å²) in [6.07, 6.45) is 9.56. The first-order valence-corrected chi connectivity index (χ1v) is 11.4. The zero-order chi connectivity index (χ0) is 23.1. The first-order chi connectivity index (χ1) is 15.1. The van der Waals surface area contributed by atoms with Crippen LogP contribution >= 0.6 is 0 Å². The van der Waals surface area contributed by atoms with Crippen LogP contribution in [0, 0.1) is 10.8 Å². The molecule has 0 aliphatic heterocycles. The van der Waals surface area contributed by atoms with E-state index >= 15 is 0 Å². The molecule has 2 aromatic rings. The molecule has 2 fully saturated rings. The van der Waals surface area contributed by atoms with Gasteiger partial charge in [0.1, 0.15) is 5.75 Å². The smallest absolute Gasteiger partial charge is 0.246 e. The van der Waals surface area contributed by atoms with Crippen LogP contribution in [0.25, 0.3) is 17.3 Å². The Balaban J connectivity index is 1.48. The van der Waals surface area contributed by atoms with Crippen LogP contribution in [-0.2, 0) is 4.79 Å². The summed E-state index contributed by atoms with van der Waals surface area (Å²) in [6, 6.07) is 9.69. The summed E-state index contributed by atoms with van der Waals surface area (Å²) in [6.45, 7) is 4.87. The molecular formula is C26H34N4O2. The van der Waals surface area contributed by atoms with Gasteiger partial charge < -0.3 is 14.9 Å². The molecule has 0 saturated heterocycles. The molecule has 2 aliphatic carbocycles. The summed E-state index contributed by atoms with van der Waals surface area (Å²) in [4.78, 5) is 15.5. The molecule has 6 nitrogen and oxygen atoms in total. The maximum Gasteiger partial charge on any atom is 0.246 e. The van der Waals surface area contributed by atoms with Crippen LogP contribution in [0.4, 0.5) is 5.82 Å². The summed E-state index contributed by atoms with van der Waals surface area (Å²) >= 11 is 0. The second-order valence-electron chi connectivity index (χ2n) is 10.6. The number of phenols is 1. The van der Waals surface area contributed by atoms with Crippen LogP contribution in [0.5, 0.6) is 5.75 Å². The van der Waals surface area contributed by atoms with Gasteiger partial charge >= 0.3 is 0 Å². The number of phenolic OH excluding ortho intramolecular Hbond substituents is 1. The van der Waals surface area contributed by atoms with E-state index < -0.39 is 0 Å². The Bertz CT molecular complexity index is 1010. The van der Waals surface area contributed by atoms with Crippen molar-refractivity contribution in [2.45, 2.75) is 52.0 Å². The fraction of sp³-hybridized carbons (Fsp3) is 0.500. The standard InChI is InChI=1S/C26H34N4O2/c1-25-12-13-26(2,17-25)16-19(15-25)30(5)23-10-9-21(27-28-23)20-8-6-18(14-22(20)31)7-11-24(32)29(3)4/h6-11,14,19,31H,12-13,15-17H2,1-5H3/b11-7+/t19-,25-,26+. The third-order valence-corrected chi connectivity index (χ3v) is 7.36. The zero-order valence-corrected chi connectivity index (χ0v) is 19.8. The summed E-state index contributed by atoms with van der Waals surface area (Å²) in [5.74, 6) is 0.881. The minimum atomic E-state index is -0.104. The van der Waals surface area contributed by atoms with E-state index in [9.17, 15) is 9.90 Å². The molecule has 3 atom stereocenters. The van der Waals surface area contributed by atoms with Crippen LogP contribution in [-0.4, -0.2) is 53.3 Å². The Hall–Kier alpha value is -2.89. The van der Waals surface area contributed by atoms with E-state index in [-0.39, 0.29) is 11.7 Å². The van der Waals surface area contributed by atoms with E-state index in [1.165, 1.54) is 43.1 Å². The van der Waals surface area contributed by atoms with Gasteiger partial charge in [0.05, 0.1) is 5.69 Å². The van der Waals surface area contributed by atoms with E-state index in [0.29, 0.717) is 28.1 Å². The first kappa shape index (κ1) is 22.3. The quantitative estimate of drug-likeness (QED) is 0.688. The molecular weight excluding hydrogens is 400 g/mol. The number of carbonyl (C=O) groups is 1. The second kappa shape index (κ2) is 8.23. The van der Waals surface area contributed by atoms with Gasteiger partial charge in [-0.1, -0.05) is 19.9 Å². The number of anilines is 1. The predicted octanol–water partition coefficient (Wildman–Crippen LogP) is 4.75. The van der Waals surface area contributed by atoms with Crippen molar-refractivity contribution in [1.29, 1.82) is 0 Å². The van der Waals surface area contributed by atoms with Crippen molar-refractivity contribution < 1.29 is 9.90 Å². The molecule has 0 unspecified atom stereocenters. The third kappa shape index (κ3) is 4.50. The first-order valence-electron chi connectivity index (χ1n) is 11.4. The molecule has 2 saturated carbocycles. The Morgan fingerprint density at radius 1 is 1.06 bits per heavy atom. The molecule has 6 heteroatoms. The molecule has 1 aromatic heterocycles. The number of aromatic hydroxyl groups is 1. The predicted molar refractivity (Wildman–Crippen MR) is 128 cm³/mol. The van der Waals surface area contributed by atoms with E-state index in [0.717, 1.165) is 11.4 Å². The van der Waals surface area contributed by atoms with Crippen molar-refractivity contribution in [2.24, 2.45) is 10.8 Å². The molecule has 1 heterocycles. The van der Waals surface area contributed by atoms with Gasteiger partial charge in [-0.2, -0.15) is 0 Å².